The van der Waals surface area contributed by atoms with Crippen LogP contribution >= 0.6 is 0 Å². The van der Waals surface area contributed by atoms with Crippen LogP contribution in [0.4, 0.5) is 0 Å². The lowest BCUT2D eigenvalue weighted by Crippen LogP contribution is -2.46. The molecule has 2 aromatic rings. The molecular formula is C27H34N2O3. The van der Waals surface area contributed by atoms with E-state index >= 15 is 0 Å². The summed E-state index contributed by atoms with van der Waals surface area (Å²) in [5, 5.41) is 3.16. The minimum atomic E-state index is -0.0171. The fraction of sp³-hybridized carbons (Fsp3) is 0.481. The van der Waals surface area contributed by atoms with Gasteiger partial charge in [-0.15, -0.1) is 0 Å². The highest BCUT2D eigenvalue weighted by molar-refractivity contribution is 5.95. The topological polar surface area (TPSA) is 58.6 Å². The first kappa shape index (κ1) is 22.4. The molecule has 5 heteroatoms. The second-order valence-electron chi connectivity index (χ2n) is 8.95. The smallest absolute Gasteiger partial charge is 0.253 e. The van der Waals surface area contributed by atoms with E-state index in [0.29, 0.717) is 31.2 Å². The maximum Gasteiger partial charge on any atom is 0.253 e. The van der Waals surface area contributed by atoms with Gasteiger partial charge in [0.05, 0.1) is 6.61 Å². The zero-order chi connectivity index (χ0) is 22.3. The summed E-state index contributed by atoms with van der Waals surface area (Å²) in [6.45, 7) is 3.85. The number of piperidine rings is 1. The van der Waals surface area contributed by atoms with Crippen molar-refractivity contribution < 1.29 is 14.3 Å². The number of carbonyl (C=O) groups excluding carboxylic acids is 2. The minimum Gasteiger partial charge on any atom is -0.494 e. The predicted octanol–water partition coefficient (Wildman–Crippen LogP) is 5.17. The van der Waals surface area contributed by atoms with Crippen molar-refractivity contribution in [1.82, 2.24) is 10.2 Å². The number of rotatable bonds is 6. The summed E-state index contributed by atoms with van der Waals surface area (Å²) in [7, 11) is 0. The number of benzene rings is 2. The molecule has 2 amide bonds. The van der Waals surface area contributed by atoms with Crippen LogP contribution in [0, 0.1) is 0 Å². The second-order valence-corrected chi connectivity index (χ2v) is 8.95. The zero-order valence-electron chi connectivity index (χ0n) is 19.0. The Morgan fingerprint density at radius 3 is 2.12 bits per heavy atom. The first-order valence-electron chi connectivity index (χ1n) is 12.1. The molecule has 1 saturated heterocycles. The van der Waals surface area contributed by atoms with Crippen molar-refractivity contribution in [2.45, 2.75) is 63.8 Å². The number of likely N-dealkylation sites (tertiary alicyclic amines) is 1. The summed E-state index contributed by atoms with van der Waals surface area (Å²) in [6, 6.07) is 15.6. The average Bonchev–Trinajstić information content (AvgIpc) is 2.85. The second kappa shape index (κ2) is 10.7. The number of nitrogens with one attached hydrogen (secondary N) is 1. The zero-order valence-corrected chi connectivity index (χ0v) is 19.0. The highest BCUT2D eigenvalue weighted by Crippen LogP contribution is 2.32. The maximum atomic E-state index is 12.8. The molecule has 1 aliphatic carbocycles. The van der Waals surface area contributed by atoms with Crippen LogP contribution in [0.1, 0.15) is 84.1 Å². The number of carbonyl (C=O) groups is 2. The fourth-order valence-corrected chi connectivity index (χ4v) is 4.88. The van der Waals surface area contributed by atoms with Gasteiger partial charge in [0.25, 0.3) is 11.8 Å². The molecule has 1 aliphatic heterocycles. The summed E-state index contributed by atoms with van der Waals surface area (Å²) in [6.07, 6.45) is 8.04. The van der Waals surface area contributed by atoms with E-state index in [2.05, 4.69) is 17.4 Å². The molecule has 0 radical (unpaired) electrons. The van der Waals surface area contributed by atoms with Crippen LogP contribution in [0.3, 0.4) is 0 Å². The molecule has 2 fully saturated rings. The molecule has 0 unspecified atom stereocenters. The summed E-state index contributed by atoms with van der Waals surface area (Å²) in [5.41, 5.74) is 2.76. The molecule has 2 aliphatic rings. The Kier molecular flexibility index (Phi) is 7.46. The molecule has 0 aromatic heterocycles. The summed E-state index contributed by atoms with van der Waals surface area (Å²) in [5.74, 6) is 1.45. The van der Waals surface area contributed by atoms with Crippen LogP contribution in [0.2, 0.25) is 0 Å². The first-order valence-corrected chi connectivity index (χ1v) is 12.1. The molecule has 4 rings (SSSR count). The van der Waals surface area contributed by atoms with E-state index in [1.807, 2.05) is 48.2 Å². The van der Waals surface area contributed by atoms with Crippen LogP contribution in [0.15, 0.2) is 48.5 Å². The monoisotopic (exact) mass is 434 g/mol. The van der Waals surface area contributed by atoms with Gasteiger partial charge in [-0.3, -0.25) is 9.59 Å². The first-order chi connectivity index (χ1) is 15.6. The van der Waals surface area contributed by atoms with Crippen molar-refractivity contribution >= 4 is 11.8 Å². The highest BCUT2D eigenvalue weighted by atomic mass is 16.5. The van der Waals surface area contributed by atoms with Crippen molar-refractivity contribution in [2.75, 3.05) is 19.7 Å². The van der Waals surface area contributed by atoms with Crippen LogP contribution in [0.5, 0.6) is 5.75 Å². The van der Waals surface area contributed by atoms with Gasteiger partial charge < -0.3 is 15.0 Å². The van der Waals surface area contributed by atoms with Crippen molar-refractivity contribution in [1.29, 1.82) is 0 Å². The van der Waals surface area contributed by atoms with Gasteiger partial charge in [0.15, 0.2) is 0 Å². The molecule has 1 heterocycles. The molecule has 2 aromatic carbocycles. The van der Waals surface area contributed by atoms with Crippen molar-refractivity contribution in [3.8, 4) is 5.75 Å². The Morgan fingerprint density at radius 1 is 0.875 bits per heavy atom. The van der Waals surface area contributed by atoms with Crippen LogP contribution in [0.25, 0.3) is 0 Å². The van der Waals surface area contributed by atoms with E-state index in [1.165, 1.54) is 37.7 Å². The average molecular weight is 435 g/mol. The minimum absolute atomic E-state index is 0.0171. The molecular weight excluding hydrogens is 400 g/mol. The fourth-order valence-electron chi connectivity index (χ4n) is 4.88. The van der Waals surface area contributed by atoms with Gasteiger partial charge in [-0.05, 0) is 80.5 Å². The van der Waals surface area contributed by atoms with Crippen molar-refractivity contribution in [2.24, 2.45) is 0 Å². The number of hydrogen-bond donors (Lipinski definition) is 1. The standard InChI is InChI=1S/C27H34N2O3/c1-2-32-25-14-12-23(13-15-25)27(31)29-18-16-24(17-19-29)28-26(30)22-10-8-21(9-11-22)20-6-4-3-5-7-20/h8-15,20,24H,2-7,16-19H2,1H3,(H,28,30). The van der Waals surface area contributed by atoms with Gasteiger partial charge in [-0.1, -0.05) is 31.4 Å². The third-order valence-electron chi connectivity index (χ3n) is 6.78. The molecule has 5 nitrogen and oxygen atoms in total. The van der Waals surface area contributed by atoms with Gasteiger partial charge in [0.2, 0.25) is 0 Å². The molecule has 0 spiro atoms. The van der Waals surface area contributed by atoms with E-state index in [-0.39, 0.29) is 17.9 Å². The third kappa shape index (κ3) is 5.50. The number of nitrogens with zero attached hydrogens (tertiary/aromatic N) is 1. The van der Waals surface area contributed by atoms with Crippen LogP contribution in [-0.4, -0.2) is 42.5 Å². The molecule has 1 N–H and O–H groups in total. The summed E-state index contributed by atoms with van der Waals surface area (Å²) in [4.78, 5) is 27.4. The maximum absolute atomic E-state index is 12.8. The van der Waals surface area contributed by atoms with E-state index < -0.39 is 0 Å². The molecule has 0 bridgehead atoms. The third-order valence-corrected chi connectivity index (χ3v) is 6.78. The number of hydrogen-bond acceptors (Lipinski definition) is 3. The lowest BCUT2D eigenvalue weighted by Gasteiger charge is -2.32. The number of ether oxygens (including phenoxy) is 1. The molecule has 32 heavy (non-hydrogen) atoms. The van der Waals surface area contributed by atoms with Crippen molar-refractivity contribution in [3.05, 3.63) is 65.2 Å². The largest absolute Gasteiger partial charge is 0.494 e. The van der Waals surface area contributed by atoms with Crippen molar-refractivity contribution in [3.63, 3.8) is 0 Å². The Labute approximate surface area is 191 Å². The van der Waals surface area contributed by atoms with E-state index in [4.69, 9.17) is 4.74 Å². The molecule has 0 atom stereocenters. The Morgan fingerprint density at radius 2 is 1.50 bits per heavy atom. The molecule has 1 saturated carbocycles. The Hall–Kier alpha value is -2.82. The van der Waals surface area contributed by atoms with Gasteiger partial charge in [-0.2, -0.15) is 0 Å². The highest BCUT2D eigenvalue weighted by Gasteiger charge is 2.25. The number of amides is 2. The van der Waals surface area contributed by atoms with Gasteiger partial charge >= 0.3 is 0 Å². The molecule has 170 valence electrons. The normalized spacial score (nSPS) is 17.7. The van der Waals surface area contributed by atoms with Gasteiger partial charge in [0.1, 0.15) is 5.75 Å². The predicted molar refractivity (Wildman–Crippen MR) is 126 cm³/mol. The van der Waals surface area contributed by atoms with E-state index in [9.17, 15) is 9.59 Å². The van der Waals surface area contributed by atoms with E-state index in [1.54, 1.807) is 0 Å². The summed E-state index contributed by atoms with van der Waals surface area (Å²) >= 11 is 0. The quantitative estimate of drug-likeness (QED) is 0.683. The van der Waals surface area contributed by atoms with Gasteiger partial charge in [0, 0.05) is 30.3 Å². The summed E-state index contributed by atoms with van der Waals surface area (Å²) < 4.78 is 5.45. The lowest BCUT2D eigenvalue weighted by atomic mass is 9.84. The SMILES string of the molecule is CCOc1ccc(C(=O)N2CCC(NC(=O)c3ccc(C4CCCCC4)cc3)CC2)cc1. The lowest BCUT2D eigenvalue weighted by molar-refractivity contribution is 0.0698. The van der Waals surface area contributed by atoms with E-state index in [0.717, 1.165) is 24.2 Å². The Balaban J connectivity index is 1.26. The Bertz CT molecular complexity index is 894. The van der Waals surface area contributed by atoms with Crippen LogP contribution in [-0.2, 0) is 0 Å². The van der Waals surface area contributed by atoms with Crippen LogP contribution < -0.4 is 10.1 Å². The van der Waals surface area contributed by atoms with Gasteiger partial charge in [-0.25, -0.2) is 0 Å².